The summed E-state index contributed by atoms with van der Waals surface area (Å²) in [7, 11) is 1.84. The van der Waals surface area contributed by atoms with Gasteiger partial charge in [-0.1, -0.05) is 6.07 Å². The van der Waals surface area contributed by atoms with E-state index >= 15 is 0 Å². The predicted octanol–water partition coefficient (Wildman–Crippen LogP) is 2.51. The van der Waals surface area contributed by atoms with Gasteiger partial charge in [-0.15, -0.1) is 0 Å². The van der Waals surface area contributed by atoms with Gasteiger partial charge in [0.05, 0.1) is 0 Å². The summed E-state index contributed by atoms with van der Waals surface area (Å²) in [6.45, 7) is 8.11. The molecule has 0 atom stereocenters. The number of hydrogen-bond donors (Lipinski definition) is 2. The van der Waals surface area contributed by atoms with Crippen LogP contribution in [0.2, 0.25) is 0 Å². The maximum absolute atomic E-state index is 4.55. The van der Waals surface area contributed by atoms with Crippen molar-refractivity contribution in [2.24, 2.45) is 4.99 Å². The molecule has 0 radical (unpaired) electrons. The van der Waals surface area contributed by atoms with Gasteiger partial charge in [0.2, 0.25) is 0 Å². The SMILES string of the molecule is CN=C(NCCCCn1ccnc1C)NC1CCN(c2ccc(C)cn2)CC1. The Morgan fingerprint density at radius 1 is 1.18 bits per heavy atom. The normalized spacial score (nSPS) is 15.7. The van der Waals surface area contributed by atoms with E-state index in [0.29, 0.717) is 6.04 Å². The van der Waals surface area contributed by atoms with Gasteiger partial charge in [0, 0.05) is 57.9 Å². The molecule has 28 heavy (non-hydrogen) atoms. The van der Waals surface area contributed by atoms with Crippen molar-refractivity contribution >= 4 is 11.8 Å². The van der Waals surface area contributed by atoms with Crippen LogP contribution in [-0.2, 0) is 6.54 Å². The lowest BCUT2D eigenvalue weighted by atomic mass is 10.1. The van der Waals surface area contributed by atoms with Gasteiger partial charge in [-0.2, -0.15) is 0 Å². The summed E-state index contributed by atoms with van der Waals surface area (Å²) >= 11 is 0. The molecule has 2 aromatic heterocycles. The molecule has 0 unspecified atom stereocenters. The summed E-state index contributed by atoms with van der Waals surface area (Å²) in [5.74, 6) is 3.07. The van der Waals surface area contributed by atoms with Crippen molar-refractivity contribution in [3.8, 4) is 0 Å². The monoisotopic (exact) mass is 383 g/mol. The number of hydrogen-bond acceptors (Lipinski definition) is 4. The number of guanidine groups is 1. The smallest absolute Gasteiger partial charge is 0.191 e. The lowest BCUT2D eigenvalue weighted by Crippen LogP contribution is -2.49. The Morgan fingerprint density at radius 3 is 2.64 bits per heavy atom. The number of aryl methyl sites for hydroxylation is 3. The van der Waals surface area contributed by atoms with Gasteiger partial charge in [0.15, 0.2) is 5.96 Å². The summed E-state index contributed by atoms with van der Waals surface area (Å²) in [6.07, 6.45) is 10.3. The number of unbranched alkanes of at least 4 members (excludes halogenated alkanes) is 1. The molecule has 0 aliphatic carbocycles. The molecule has 1 aliphatic heterocycles. The zero-order valence-corrected chi connectivity index (χ0v) is 17.4. The molecule has 0 saturated carbocycles. The van der Waals surface area contributed by atoms with E-state index in [1.165, 1.54) is 5.56 Å². The van der Waals surface area contributed by atoms with Gasteiger partial charge >= 0.3 is 0 Å². The van der Waals surface area contributed by atoms with E-state index in [1.807, 2.05) is 32.6 Å². The van der Waals surface area contributed by atoms with Crippen molar-refractivity contribution in [3.63, 3.8) is 0 Å². The van der Waals surface area contributed by atoms with Crippen molar-refractivity contribution in [2.75, 3.05) is 31.6 Å². The highest BCUT2D eigenvalue weighted by molar-refractivity contribution is 5.79. The van der Waals surface area contributed by atoms with Crippen LogP contribution in [0.15, 0.2) is 35.7 Å². The van der Waals surface area contributed by atoms with Crippen LogP contribution in [0.3, 0.4) is 0 Å². The van der Waals surface area contributed by atoms with E-state index < -0.39 is 0 Å². The minimum Gasteiger partial charge on any atom is -0.356 e. The van der Waals surface area contributed by atoms with E-state index in [2.05, 4.69) is 54.1 Å². The second-order valence-corrected chi connectivity index (χ2v) is 7.47. The van der Waals surface area contributed by atoms with Crippen LogP contribution in [0.5, 0.6) is 0 Å². The average Bonchev–Trinajstić information content (AvgIpc) is 3.13. The predicted molar refractivity (Wildman–Crippen MR) is 115 cm³/mol. The Kier molecular flexibility index (Phi) is 7.28. The van der Waals surface area contributed by atoms with Crippen LogP contribution < -0.4 is 15.5 Å². The van der Waals surface area contributed by atoms with Crippen LogP contribution in [-0.4, -0.2) is 53.2 Å². The molecule has 2 N–H and O–H groups in total. The summed E-state index contributed by atoms with van der Waals surface area (Å²) in [6, 6.07) is 4.71. The number of anilines is 1. The highest BCUT2D eigenvalue weighted by atomic mass is 15.2. The third kappa shape index (κ3) is 5.71. The third-order valence-corrected chi connectivity index (χ3v) is 5.32. The number of aliphatic imine (C=N–C) groups is 1. The number of piperidine rings is 1. The zero-order chi connectivity index (χ0) is 19.8. The van der Waals surface area contributed by atoms with E-state index in [0.717, 1.165) is 69.5 Å². The van der Waals surface area contributed by atoms with Crippen LogP contribution in [0, 0.1) is 13.8 Å². The first kappa shape index (κ1) is 20.2. The Morgan fingerprint density at radius 2 is 2.00 bits per heavy atom. The highest BCUT2D eigenvalue weighted by Gasteiger charge is 2.20. The van der Waals surface area contributed by atoms with Crippen molar-refractivity contribution in [1.82, 2.24) is 25.2 Å². The Balaban J connectivity index is 1.34. The van der Waals surface area contributed by atoms with Gasteiger partial charge < -0.3 is 20.1 Å². The fourth-order valence-corrected chi connectivity index (χ4v) is 3.54. The first-order valence-corrected chi connectivity index (χ1v) is 10.3. The van der Waals surface area contributed by atoms with Crippen LogP contribution >= 0.6 is 0 Å². The number of imidazole rings is 1. The largest absolute Gasteiger partial charge is 0.356 e. The van der Waals surface area contributed by atoms with Crippen LogP contribution in [0.4, 0.5) is 5.82 Å². The first-order chi connectivity index (χ1) is 13.7. The van der Waals surface area contributed by atoms with Gasteiger partial charge in [0.1, 0.15) is 11.6 Å². The van der Waals surface area contributed by atoms with Crippen LogP contribution in [0.25, 0.3) is 0 Å². The molecule has 1 aliphatic rings. The first-order valence-electron chi connectivity index (χ1n) is 10.3. The van der Waals surface area contributed by atoms with Gasteiger partial charge in [0.25, 0.3) is 0 Å². The molecule has 1 fully saturated rings. The minimum atomic E-state index is 0.460. The van der Waals surface area contributed by atoms with Crippen molar-refractivity contribution < 1.29 is 0 Å². The fourth-order valence-electron chi connectivity index (χ4n) is 3.54. The van der Waals surface area contributed by atoms with Gasteiger partial charge in [-0.25, -0.2) is 9.97 Å². The molecule has 0 bridgehead atoms. The standard InChI is InChI=1S/C21H33N7/c1-17-6-7-20(25-16-17)28-13-8-19(9-14-28)26-21(22-3)24-10-4-5-12-27-15-11-23-18(27)2/h6-7,11,15-16,19H,4-5,8-10,12-14H2,1-3H3,(H2,22,24,26). The summed E-state index contributed by atoms with van der Waals surface area (Å²) in [5, 5.41) is 7.03. The van der Waals surface area contributed by atoms with Crippen molar-refractivity contribution in [1.29, 1.82) is 0 Å². The number of pyridine rings is 1. The summed E-state index contributed by atoms with van der Waals surface area (Å²) in [5.41, 5.74) is 1.20. The fraction of sp³-hybridized carbons (Fsp3) is 0.571. The lowest BCUT2D eigenvalue weighted by Gasteiger charge is -2.33. The second-order valence-electron chi connectivity index (χ2n) is 7.47. The molecule has 3 rings (SSSR count). The number of rotatable bonds is 7. The molecular formula is C21H33N7. The Bertz CT molecular complexity index is 742. The van der Waals surface area contributed by atoms with E-state index in [4.69, 9.17) is 0 Å². The molecular weight excluding hydrogens is 350 g/mol. The maximum atomic E-state index is 4.55. The molecule has 2 aromatic rings. The van der Waals surface area contributed by atoms with E-state index in [-0.39, 0.29) is 0 Å². The molecule has 1 saturated heterocycles. The molecule has 0 aromatic carbocycles. The molecule has 0 spiro atoms. The third-order valence-electron chi connectivity index (χ3n) is 5.32. The number of aromatic nitrogens is 3. The molecule has 7 heteroatoms. The summed E-state index contributed by atoms with van der Waals surface area (Å²) in [4.78, 5) is 15.6. The van der Waals surface area contributed by atoms with Gasteiger partial charge in [-0.05, 0) is 51.2 Å². The Hall–Kier alpha value is -2.57. The van der Waals surface area contributed by atoms with Crippen molar-refractivity contribution in [2.45, 2.75) is 52.1 Å². The van der Waals surface area contributed by atoms with E-state index in [9.17, 15) is 0 Å². The minimum absolute atomic E-state index is 0.460. The lowest BCUT2D eigenvalue weighted by molar-refractivity contribution is 0.459. The Labute approximate surface area is 168 Å². The highest BCUT2D eigenvalue weighted by Crippen LogP contribution is 2.18. The van der Waals surface area contributed by atoms with Crippen LogP contribution in [0.1, 0.15) is 37.1 Å². The van der Waals surface area contributed by atoms with E-state index in [1.54, 1.807) is 0 Å². The van der Waals surface area contributed by atoms with Gasteiger partial charge in [-0.3, -0.25) is 4.99 Å². The van der Waals surface area contributed by atoms with Crippen molar-refractivity contribution in [3.05, 3.63) is 42.1 Å². The number of nitrogens with one attached hydrogen (secondary N) is 2. The molecule has 152 valence electrons. The summed E-state index contributed by atoms with van der Waals surface area (Å²) < 4.78 is 2.20. The molecule has 3 heterocycles. The molecule has 7 nitrogen and oxygen atoms in total. The maximum Gasteiger partial charge on any atom is 0.191 e. The number of nitrogens with zero attached hydrogens (tertiary/aromatic N) is 5. The zero-order valence-electron chi connectivity index (χ0n) is 17.4. The topological polar surface area (TPSA) is 70.4 Å². The average molecular weight is 384 g/mol. The molecule has 0 amide bonds. The second kappa shape index (κ2) is 10.1. The quantitative estimate of drug-likeness (QED) is 0.437.